The highest BCUT2D eigenvalue weighted by Crippen LogP contribution is 2.06. The molecule has 0 aromatic rings. The van der Waals surface area contributed by atoms with Gasteiger partial charge in [-0.1, -0.05) is 20.8 Å². The predicted octanol–water partition coefficient (Wildman–Crippen LogP) is 2.05. The molecule has 0 saturated heterocycles. The number of ether oxygens (including phenoxy) is 1. The van der Waals surface area contributed by atoms with Gasteiger partial charge in [0.2, 0.25) is 0 Å². The Morgan fingerprint density at radius 1 is 1.43 bits per heavy atom. The first-order valence-electron chi connectivity index (χ1n) is 5.34. The lowest BCUT2D eigenvalue weighted by molar-refractivity contribution is 0.140. The first-order chi connectivity index (χ1) is 6.65. The fourth-order valence-electron chi connectivity index (χ4n) is 1.38. The Balaban J connectivity index is 4.05. The number of nitrogens with one attached hydrogen (secondary N) is 1. The normalized spacial score (nSPS) is 15.1. The summed E-state index contributed by atoms with van der Waals surface area (Å²) in [4.78, 5) is 0. The summed E-state index contributed by atoms with van der Waals surface area (Å²) in [5, 5.41) is 3.54. The van der Waals surface area contributed by atoms with Gasteiger partial charge in [0.05, 0.1) is 6.61 Å². The van der Waals surface area contributed by atoms with Gasteiger partial charge in [0.1, 0.15) is 0 Å². The van der Waals surface area contributed by atoms with Gasteiger partial charge in [0.25, 0.3) is 0 Å². The molecule has 0 rings (SSSR count). The van der Waals surface area contributed by atoms with Gasteiger partial charge in [0.15, 0.2) is 0 Å². The minimum atomic E-state index is 0.401. The van der Waals surface area contributed by atoms with Crippen LogP contribution in [0.1, 0.15) is 33.6 Å². The zero-order chi connectivity index (χ0) is 11.0. The monoisotopic (exact) mass is 197 g/mol. The van der Waals surface area contributed by atoms with Crippen molar-refractivity contribution in [3.63, 3.8) is 0 Å². The van der Waals surface area contributed by atoms with E-state index in [0.29, 0.717) is 18.0 Å². The van der Waals surface area contributed by atoms with Gasteiger partial charge < -0.3 is 10.1 Å². The van der Waals surface area contributed by atoms with Crippen LogP contribution in [-0.4, -0.2) is 25.8 Å². The van der Waals surface area contributed by atoms with Gasteiger partial charge in [-0.2, -0.15) is 0 Å². The van der Waals surface area contributed by atoms with E-state index >= 15 is 0 Å². The predicted molar refractivity (Wildman–Crippen MR) is 61.2 cm³/mol. The average Bonchev–Trinajstić information content (AvgIpc) is 2.15. The van der Waals surface area contributed by atoms with Crippen molar-refractivity contribution in [3.8, 4) is 12.3 Å². The van der Waals surface area contributed by atoms with Crippen LogP contribution in [0.4, 0.5) is 0 Å². The van der Waals surface area contributed by atoms with Crippen molar-refractivity contribution in [2.24, 2.45) is 5.92 Å². The molecular formula is C12H23NO. The molecule has 0 saturated carbocycles. The highest BCUT2D eigenvalue weighted by molar-refractivity contribution is 4.90. The third kappa shape index (κ3) is 5.26. The molecule has 2 nitrogen and oxygen atoms in total. The first-order valence-corrected chi connectivity index (χ1v) is 5.34. The third-order valence-electron chi connectivity index (χ3n) is 2.46. The van der Waals surface area contributed by atoms with Gasteiger partial charge in [0, 0.05) is 25.6 Å². The molecule has 0 bridgehead atoms. The van der Waals surface area contributed by atoms with Crippen LogP contribution in [0.25, 0.3) is 0 Å². The van der Waals surface area contributed by atoms with E-state index in [-0.39, 0.29) is 0 Å². The van der Waals surface area contributed by atoms with Crippen LogP contribution < -0.4 is 5.32 Å². The Labute approximate surface area is 88.4 Å². The van der Waals surface area contributed by atoms with Gasteiger partial charge >= 0.3 is 0 Å². The highest BCUT2D eigenvalue weighted by atomic mass is 16.5. The van der Waals surface area contributed by atoms with Crippen LogP contribution in [0.2, 0.25) is 0 Å². The summed E-state index contributed by atoms with van der Waals surface area (Å²) >= 11 is 0. The molecule has 0 amide bonds. The van der Waals surface area contributed by atoms with Crippen LogP contribution in [-0.2, 0) is 4.74 Å². The SMILES string of the molecule is C#CCC(CC)NC(COC)C(C)C. The Bertz CT molecular complexity index is 172. The van der Waals surface area contributed by atoms with Crippen LogP contribution in [0.3, 0.4) is 0 Å². The Kier molecular flexibility index (Phi) is 7.55. The average molecular weight is 197 g/mol. The maximum Gasteiger partial charge on any atom is 0.0618 e. The zero-order valence-electron chi connectivity index (χ0n) is 9.84. The first kappa shape index (κ1) is 13.5. The molecule has 2 atom stereocenters. The second kappa shape index (κ2) is 7.84. The minimum absolute atomic E-state index is 0.401. The van der Waals surface area contributed by atoms with E-state index in [1.807, 2.05) is 0 Å². The van der Waals surface area contributed by atoms with Crippen molar-refractivity contribution < 1.29 is 4.74 Å². The summed E-state index contributed by atoms with van der Waals surface area (Å²) in [5.74, 6) is 3.27. The molecule has 0 radical (unpaired) electrons. The number of methoxy groups -OCH3 is 1. The van der Waals surface area contributed by atoms with Crippen LogP contribution >= 0.6 is 0 Å². The number of rotatable bonds is 7. The third-order valence-corrected chi connectivity index (χ3v) is 2.46. The highest BCUT2D eigenvalue weighted by Gasteiger charge is 2.16. The lowest BCUT2D eigenvalue weighted by Gasteiger charge is -2.26. The number of terminal acetylenes is 1. The summed E-state index contributed by atoms with van der Waals surface area (Å²) < 4.78 is 5.17. The Morgan fingerprint density at radius 3 is 2.43 bits per heavy atom. The van der Waals surface area contributed by atoms with Crippen molar-refractivity contribution in [2.45, 2.75) is 45.7 Å². The summed E-state index contributed by atoms with van der Waals surface area (Å²) in [7, 11) is 1.74. The summed E-state index contributed by atoms with van der Waals surface area (Å²) in [6.07, 6.45) is 7.17. The van der Waals surface area contributed by atoms with E-state index in [2.05, 4.69) is 32.0 Å². The van der Waals surface area contributed by atoms with E-state index in [4.69, 9.17) is 11.2 Å². The molecule has 2 heteroatoms. The minimum Gasteiger partial charge on any atom is -0.383 e. The smallest absolute Gasteiger partial charge is 0.0618 e. The quantitative estimate of drug-likeness (QED) is 0.631. The maximum atomic E-state index is 5.31. The second-order valence-electron chi connectivity index (χ2n) is 3.99. The van der Waals surface area contributed by atoms with Gasteiger partial charge in [-0.25, -0.2) is 0 Å². The van der Waals surface area contributed by atoms with Crippen molar-refractivity contribution in [2.75, 3.05) is 13.7 Å². The van der Waals surface area contributed by atoms with Gasteiger partial charge in [-0.05, 0) is 12.3 Å². The van der Waals surface area contributed by atoms with E-state index in [1.54, 1.807) is 7.11 Å². The summed E-state index contributed by atoms with van der Waals surface area (Å²) in [6.45, 7) is 7.29. The molecule has 1 N–H and O–H groups in total. The van der Waals surface area contributed by atoms with E-state index < -0.39 is 0 Å². The van der Waals surface area contributed by atoms with Gasteiger partial charge in [-0.15, -0.1) is 12.3 Å². The fraction of sp³-hybridized carbons (Fsp3) is 0.833. The van der Waals surface area contributed by atoms with Gasteiger partial charge in [-0.3, -0.25) is 0 Å². The molecule has 0 aromatic carbocycles. The van der Waals surface area contributed by atoms with E-state index in [9.17, 15) is 0 Å². The largest absolute Gasteiger partial charge is 0.383 e. The summed E-state index contributed by atoms with van der Waals surface area (Å²) in [6, 6.07) is 0.820. The molecule has 0 spiro atoms. The van der Waals surface area contributed by atoms with Crippen LogP contribution in [0.15, 0.2) is 0 Å². The molecule has 0 aromatic heterocycles. The molecule has 0 heterocycles. The molecule has 14 heavy (non-hydrogen) atoms. The van der Waals surface area contributed by atoms with Crippen molar-refractivity contribution in [1.82, 2.24) is 5.32 Å². The van der Waals surface area contributed by atoms with Crippen molar-refractivity contribution in [3.05, 3.63) is 0 Å². The van der Waals surface area contributed by atoms with Crippen molar-refractivity contribution in [1.29, 1.82) is 0 Å². The molecule has 82 valence electrons. The van der Waals surface area contributed by atoms with Crippen LogP contribution in [0.5, 0.6) is 0 Å². The molecule has 2 unspecified atom stereocenters. The van der Waals surface area contributed by atoms with E-state index in [1.165, 1.54) is 0 Å². The lowest BCUT2D eigenvalue weighted by atomic mass is 10.0. The Morgan fingerprint density at radius 2 is 2.07 bits per heavy atom. The standard InChI is InChI=1S/C12H23NO/c1-6-8-11(7-2)13-12(9-14-5)10(3)4/h1,10-13H,7-9H2,2-5H3. The van der Waals surface area contributed by atoms with E-state index in [0.717, 1.165) is 19.4 Å². The van der Waals surface area contributed by atoms with Crippen molar-refractivity contribution >= 4 is 0 Å². The molecular weight excluding hydrogens is 174 g/mol. The lowest BCUT2D eigenvalue weighted by Crippen LogP contribution is -2.43. The molecule has 0 fully saturated rings. The molecule has 0 aliphatic carbocycles. The molecule has 0 aliphatic heterocycles. The number of hydrogen-bond donors (Lipinski definition) is 1. The zero-order valence-corrected chi connectivity index (χ0v) is 9.84. The molecule has 0 aliphatic rings. The maximum absolute atomic E-state index is 5.31. The summed E-state index contributed by atoms with van der Waals surface area (Å²) in [5.41, 5.74) is 0. The Hall–Kier alpha value is -0.520. The second-order valence-corrected chi connectivity index (χ2v) is 3.99. The number of hydrogen-bond acceptors (Lipinski definition) is 2. The fourth-order valence-corrected chi connectivity index (χ4v) is 1.38. The topological polar surface area (TPSA) is 21.3 Å². The van der Waals surface area contributed by atoms with Crippen LogP contribution in [0, 0.1) is 18.3 Å².